The average Bonchev–Trinajstić information content (AvgIpc) is 3.20. The van der Waals surface area contributed by atoms with Crippen molar-refractivity contribution in [2.75, 3.05) is 47.9 Å². The number of likely N-dealkylation sites (N-methyl/N-ethyl adjacent to an activating group) is 4. The Labute approximate surface area is 370 Å². The van der Waals surface area contributed by atoms with Crippen LogP contribution in [0.5, 0.6) is 0 Å². The van der Waals surface area contributed by atoms with Crippen molar-refractivity contribution in [3.63, 3.8) is 0 Å². The third kappa shape index (κ3) is 18.5. The molecule has 0 spiro atoms. The number of nitrogens with one attached hydrogen (secondary N) is 2. The van der Waals surface area contributed by atoms with Crippen molar-refractivity contribution in [2.45, 2.75) is 143 Å². The monoisotopic (exact) mass is 873 g/mol. The minimum atomic E-state index is -1.22. The van der Waals surface area contributed by atoms with Gasteiger partial charge in [0.05, 0.1) is 6.10 Å². The fourth-order valence-corrected chi connectivity index (χ4v) is 6.44. The molecule has 0 unspecified atom stereocenters. The van der Waals surface area contributed by atoms with Crippen LogP contribution < -0.4 is 10.6 Å². The van der Waals surface area contributed by atoms with Crippen LogP contribution in [0.3, 0.4) is 0 Å². The van der Waals surface area contributed by atoms with E-state index in [9.17, 15) is 33.6 Å². The first-order valence-electron chi connectivity index (χ1n) is 21.6. The number of hydrogen-bond acceptors (Lipinski definition) is 10. The second-order valence-corrected chi connectivity index (χ2v) is 17.8. The highest BCUT2D eigenvalue weighted by atomic mass is 16.6. The molecule has 2 N–H and O–H groups in total. The predicted molar refractivity (Wildman–Crippen MR) is 239 cm³/mol. The second kappa shape index (κ2) is 26.5. The number of ether oxygens (including phenoxy) is 3. The van der Waals surface area contributed by atoms with Crippen LogP contribution in [0.2, 0.25) is 0 Å². The molecule has 0 radical (unpaired) electrons. The largest absolute Gasteiger partial charge is 0.460 e. The molecule has 0 aliphatic carbocycles. The van der Waals surface area contributed by atoms with Gasteiger partial charge in [0.25, 0.3) is 0 Å². The van der Waals surface area contributed by atoms with Gasteiger partial charge in [-0.1, -0.05) is 84.0 Å². The van der Waals surface area contributed by atoms with E-state index >= 15 is 0 Å². The molecule has 0 aliphatic rings. The van der Waals surface area contributed by atoms with E-state index in [1.807, 2.05) is 65.0 Å². The summed E-state index contributed by atoms with van der Waals surface area (Å²) < 4.78 is 16.5. The van der Waals surface area contributed by atoms with Crippen LogP contribution in [0.15, 0.2) is 43.0 Å². The van der Waals surface area contributed by atoms with Gasteiger partial charge in [-0.25, -0.2) is 4.79 Å². The molecule has 1 aromatic carbocycles. The summed E-state index contributed by atoms with van der Waals surface area (Å²) in [6.45, 7) is 21.4. The lowest BCUT2D eigenvalue weighted by atomic mass is 9.97. The fraction of sp³-hybridized carbons (Fsp3) is 0.674. The third-order valence-corrected chi connectivity index (χ3v) is 10.2. The van der Waals surface area contributed by atoms with Gasteiger partial charge in [-0.3, -0.25) is 33.7 Å². The van der Waals surface area contributed by atoms with Gasteiger partial charge in [-0.2, -0.15) is 0 Å². The SMILES string of the molecule is C=CCOC(=O)CN(C)C(=O)[C@@H](NC(=O)[C@H](CC(C)C)N(C)C(=O)[C@H](CC(C)C)NC(=O)[C@H](Cc1ccccc1)N(C)C(=O)[C@H](C)N(C)C(=O)OC(C)(C)C)[C@@H](C)OCCCC. The number of hydrogen-bond donors (Lipinski definition) is 2. The Bertz CT molecular complexity index is 1630. The van der Waals surface area contributed by atoms with E-state index in [4.69, 9.17) is 14.2 Å². The van der Waals surface area contributed by atoms with Crippen LogP contribution in [0.4, 0.5) is 4.79 Å². The van der Waals surface area contributed by atoms with Crippen molar-refractivity contribution in [3.8, 4) is 0 Å². The first-order valence-corrected chi connectivity index (χ1v) is 21.6. The molecular formula is C46H76N6O10. The van der Waals surface area contributed by atoms with Gasteiger partial charge in [-0.15, -0.1) is 0 Å². The summed E-state index contributed by atoms with van der Waals surface area (Å²) in [5, 5.41) is 5.75. The van der Waals surface area contributed by atoms with E-state index in [0.717, 1.165) is 23.3 Å². The quantitative estimate of drug-likeness (QED) is 0.0801. The van der Waals surface area contributed by atoms with Crippen molar-refractivity contribution >= 4 is 41.6 Å². The van der Waals surface area contributed by atoms with Crippen molar-refractivity contribution in [3.05, 3.63) is 48.6 Å². The van der Waals surface area contributed by atoms with E-state index < -0.39 is 83.5 Å². The van der Waals surface area contributed by atoms with Crippen LogP contribution in [-0.4, -0.2) is 151 Å². The number of amides is 6. The highest BCUT2D eigenvalue weighted by Gasteiger charge is 2.39. The van der Waals surface area contributed by atoms with Crippen LogP contribution in [0.1, 0.15) is 100 Å². The Morgan fingerprint density at radius 3 is 1.85 bits per heavy atom. The van der Waals surface area contributed by atoms with Crippen molar-refractivity contribution in [2.24, 2.45) is 11.8 Å². The second-order valence-electron chi connectivity index (χ2n) is 17.8. The van der Waals surface area contributed by atoms with Gasteiger partial charge in [0, 0.05) is 41.2 Å². The molecule has 0 heterocycles. The van der Waals surface area contributed by atoms with Crippen LogP contribution in [-0.2, 0) is 49.4 Å². The summed E-state index contributed by atoms with van der Waals surface area (Å²) in [6, 6.07) is 3.61. The van der Waals surface area contributed by atoms with Crippen molar-refractivity contribution in [1.29, 1.82) is 0 Å². The highest BCUT2D eigenvalue weighted by Crippen LogP contribution is 2.19. The number of rotatable bonds is 25. The number of esters is 1. The summed E-state index contributed by atoms with van der Waals surface area (Å²) in [5.74, 6) is -3.70. The van der Waals surface area contributed by atoms with E-state index in [0.29, 0.717) is 6.61 Å². The minimum Gasteiger partial charge on any atom is -0.460 e. The third-order valence-electron chi connectivity index (χ3n) is 10.2. The van der Waals surface area contributed by atoms with Crippen LogP contribution in [0, 0.1) is 11.8 Å². The maximum absolute atomic E-state index is 14.6. The van der Waals surface area contributed by atoms with Crippen molar-refractivity contribution in [1.82, 2.24) is 30.2 Å². The molecule has 6 atom stereocenters. The highest BCUT2D eigenvalue weighted by molar-refractivity contribution is 5.96. The summed E-state index contributed by atoms with van der Waals surface area (Å²) in [5.41, 5.74) is -0.0378. The molecule has 0 aliphatic heterocycles. The van der Waals surface area contributed by atoms with E-state index in [1.54, 1.807) is 34.6 Å². The molecule has 1 aromatic rings. The number of benzene rings is 1. The zero-order valence-electron chi connectivity index (χ0n) is 39.8. The Morgan fingerprint density at radius 2 is 1.32 bits per heavy atom. The number of nitrogens with zero attached hydrogens (tertiary/aromatic N) is 4. The maximum atomic E-state index is 14.6. The number of unbranched alkanes of at least 4 members (excludes halogenated alkanes) is 1. The summed E-state index contributed by atoms with van der Waals surface area (Å²) in [6.07, 6.45) is 1.99. The normalized spacial score (nSPS) is 14.3. The van der Waals surface area contributed by atoms with Crippen LogP contribution >= 0.6 is 0 Å². The van der Waals surface area contributed by atoms with Gasteiger partial charge < -0.3 is 39.5 Å². The van der Waals surface area contributed by atoms with Gasteiger partial charge >= 0.3 is 12.1 Å². The molecule has 0 fully saturated rings. The Kier molecular flexibility index (Phi) is 23.5. The standard InChI is InChI=1S/C46H76N6O10/c1-16-18-25-60-33(8)39(44(58)49(12)29-38(53)61-24-17-2)48-41(55)36(27-31(5)6)52(15)43(57)35(26-30(3)4)47-40(54)37(28-34-22-20-19-21-23-34)51(14)42(56)32(7)50(13)45(59)62-46(9,10)11/h17,19-23,30-33,35-37,39H,2,16,18,24-29H2,1,3-15H3,(H,47,54)(H,48,55)/t32-,33+,35-,36-,37-,39-/m0/s1. The lowest BCUT2D eigenvalue weighted by Gasteiger charge is -2.36. The predicted octanol–water partition coefficient (Wildman–Crippen LogP) is 4.59. The molecule has 16 nitrogen and oxygen atoms in total. The average molecular weight is 873 g/mol. The molecule has 62 heavy (non-hydrogen) atoms. The summed E-state index contributed by atoms with van der Waals surface area (Å²) >= 11 is 0. The van der Waals surface area contributed by atoms with E-state index in [-0.39, 0.29) is 44.2 Å². The Hall–Kier alpha value is -4.99. The fourth-order valence-electron chi connectivity index (χ4n) is 6.44. The van der Waals surface area contributed by atoms with Gasteiger partial charge in [-0.05, 0) is 71.3 Å². The Morgan fingerprint density at radius 1 is 0.758 bits per heavy atom. The molecule has 0 saturated heterocycles. The molecule has 0 aromatic heterocycles. The van der Waals surface area contributed by atoms with Gasteiger partial charge in [0.15, 0.2) is 0 Å². The van der Waals surface area contributed by atoms with Gasteiger partial charge in [0.1, 0.15) is 49.0 Å². The molecule has 350 valence electrons. The molecule has 1 rings (SSSR count). The van der Waals surface area contributed by atoms with E-state index in [2.05, 4.69) is 17.2 Å². The Balaban J connectivity index is 3.57. The molecular weight excluding hydrogens is 797 g/mol. The maximum Gasteiger partial charge on any atom is 0.410 e. The van der Waals surface area contributed by atoms with Gasteiger partial charge in [0.2, 0.25) is 29.5 Å². The minimum absolute atomic E-state index is 0.0256. The van der Waals surface area contributed by atoms with Crippen LogP contribution in [0.25, 0.3) is 0 Å². The topological polar surface area (TPSA) is 184 Å². The van der Waals surface area contributed by atoms with E-state index in [1.165, 1.54) is 49.0 Å². The van der Waals surface area contributed by atoms with Crippen molar-refractivity contribution < 1.29 is 47.8 Å². The molecule has 16 heteroatoms. The first-order chi connectivity index (χ1) is 28.9. The first kappa shape index (κ1) is 55.0. The lowest BCUT2D eigenvalue weighted by Crippen LogP contribution is -2.61. The molecule has 6 amide bonds. The molecule has 0 bridgehead atoms. The lowest BCUT2D eigenvalue weighted by molar-refractivity contribution is -0.151. The number of carbonyl (C=O) groups excluding carboxylic acids is 7. The zero-order valence-corrected chi connectivity index (χ0v) is 39.8. The summed E-state index contributed by atoms with van der Waals surface area (Å²) in [7, 11) is 5.84. The zero-order chi connectivity index (χ0) is 47.5. The summed E-state index contributed by atoms with van der Waals surface area (Å²) in [4.78, 5) is 101. The molecule has 0 saturated carbocycles. The number of carbonyl (C=O) groups is 7. The smallest absolute Gasteiger partial charge is 0.410 e.